The highest BCUT2D eigenvalue weighted by Crippen LogP contribution is 2.23. The van der Waals surface area contributed by atoms with Gasteiger partial charge in [0.2, 0.25) is 0 Å². The first-order chi connectivity index (χ1) is 13.9. The predicted octanol–water partition coefficient (Wildman–Crippen LogP) is 3.41. The van der Waals surface area contributed by atoms with Gasteiger partial charge >= 0.3 is 0 Å². The van der Waals surface area contributed by atoms with Crippen LogP contribution in [0.4, 0.5) is 5.82 Å². The van der Waals surface area contributed by atoms with Crippen LogP contribution in [-0.2, 0) is 16.8 Å². The van der Waals surface area contributed by atoms with Crippen molar-refractivity contribution in [3.8, 4) is 5.75 Å². The molecule has 0 unspecified atom stereocenters. The lowest BCUT2D eigenvalue weighted by atomic mass is 9.87. The van der Waals surface area contributed by atoms with E-state index in [-0.39, 0.29) is 11.0 Å². The molecule has 0 atom stereocenters. The van der Waals surface area contributed by atoms with Gasteiger partial charge in [-0.25, -0.2) is 4.98 Å². The molecule has 0 bridgehead atoms. The van der Waals surface area contributed by atoms with Crippen molar-refractivity contribution in [2.24, 2.45) is 0 Å². The molecule has 152 valence electrons. The van der Waals surface area contributed by atoms with Gasteiger partial charge in [0.15, 0.2) is 0 Å². The molecule has 6 nitrogen and oxygen atoms in total. The second-order valence-electron chi connectivity index (χ2n) is 8.38. The number of pyridine rings is 1. The number of morpholine rings is 1. The van der Waals surface area contributed by atoms with Crippen LogP contribution in [0.3, 0.4) is 0 Å². The highest BCUT2D eigenvalue weighted by Gasteiger charge is 2.15. The molecule has 0 amide bonds. The van der Waals surface area contributed by atoms with Gasteiger partial charge in [0.1, 0.15) is 23.8 Å². The number of benzene rings is 1. The molecule has 2 aromatic heterocycles. The van der Waals surface area contributed by atoms with Gasteiger partial charge in [0, 0.05) is 31.4 Å². The van der Waals surface area contributed by atoms with Gasteiger partial charge in [-0.15, -0.1) is 0 Å². The van der Waals surface area contributed by atoms with E-state index in [1.165, 1.54) is 9.96 Å². The molecular weight excluding hydrogens is 366 g/mol. The van der Waals surface area contributed by atoms with Gasteiger partial charge < -0.3 is 14.4 Å². The van der Waals surface area contributed by atoms with E-state index in [0.29, 0.717) is 37.0 Å². The van der Waals surface area contributed by atoms with Crippen LogP contribution >= 0.6 is 0 Å². The Morgan fingerprint density at radius 1 is 1.07 bits per heavy atom. The van der Waals surface area contributed by atoms with Crippen molar-refractivity contribution in [3.63, 3.8) is 0 Å². The number of aromatic nitrogens is 2. The monoisotopic (exact) mass is 393 g/mol. The summed E-state index contributed by atoms with van der Waals surface area (Å²) in [6.07, 6.45) is 1.71. The minimum Gasteiger partial charge on any atom is -0.489 e. The predicted molar refractivity (Wildman–Crippen MR) is 114 cm³/mol. The number of ether oxygens (including phenoxy) is 2. The second kappa shape index (κ2) is 7.87. The van der Waals surface area contributed by atoms with Gasteiger partial charge in [-0.1, -0.05) is 45.0 Å². The third-order valence-corrected chi connectivity index (χ3v) is 5.19. The third-order valence-electron chi connectivity index (χ3n) is 5.19. The Kier molecular flexibility index (Phi) is 5.28. The molecule has 1 aliphatic rings. The fourth-order valence-corrected chi connectivity index (χ4v) is 3.38. The van der Waals surface area contributed by atoms with E-state index in [9.17, 15) is 4.79 Å². The van der Waals surface area contributed by atoms with Crippen LogP contribution in [0.2, 0.25) is 0 Å². The zero-order valence-electron chi connectivity index (χ0n) is 17.2. The molecule has 1 fully saturated rings. The zero-order valence-corrected chi connectivity index (χ0v) is 17.2. The number of nitrogens with zero attached hydrogens (tertiary/aromatic N) is 3. The average Bonchev–Trinajstić information content (AvgIpc) is 2.72. The highest BCUT2D eigenvalue weighted by molar-refractivity contribution is 5.51. The van der Waals surface area contributed by atoms with Crippen LogP contribution in [0.25, 0.3) is 5.65 Å². The van der Waals surface area contributed by atoms with Crippen molar-refractivity contribution >= 4 is 11.5 Å². The molecule has 1 saturated heterocycles. The number of hydrogen-bond acceptors (Lipinski definition) is 5. The van der Waals surface area contributed by atoms with Crippen LogP contribution in [0.15, 0.2) is 53.5 Å². The largest absolute Gasteiger partial charge is 0.489 e. The van der Waals surface area contributed by atoms with Crippen molar-refractivity contribution in [2.45, 2.75) is 32.8 Å². The van der Waals surface area contributed by atoms with Crippen molar-refractivity contribution in [1.29, 1.82) is 0 Å². The molecule has 3 aromatic rings. The molecule has 0 N–H and O–H groups in total. The molecule has 1 aromatic carbocycles. The first kappa shape index (κ1) is 19.5. The standard InChI is InChI=1S/C23H27N3O3/c1-23(2,3)18-6-4-17(5-7-18)16-29-19-8-9-26-21(14-19)24-20(15-22(26)27)25-10-12-28-13-11-25/h4-9,14-15H,10-13,16H2,1-3H3. The quantitative estimate of drug-likeness (QED) is 0.680. The van der Waals surface area contributed by atoms with E-state index in [0.717, 1.165) is 18.7 Å². The summed E-state index contributed by atoms with van der Waals surface area (Å²) >= 11 is 0. The fourth-order valence-electron chi connectivity index (χ4n) is 3.38. The first-order valence-corrected chi connectivity index (χ1v) is 9.98. The van der Waals surface area contributed by atoms with E-state index in [1.807, 2.05) is 6.07 Å². The van der Waals surface area contributed by atoms with Crippen molar-refractivity contribution < 1.29 is 9.47 Å². The lowest BCUT2D eigenvalue weighted by Gasteiger charge is -2.27. The topological polar surface area (TPSA) is 56.1 Å². The molecule has 6 heteroatoms. The molecule has 29 heavy (non-hydrogen) atoms. The molecular formula is C23H27N3O3. The van der Waals surface area contributed by atoms with Gasteiger partial charge in [-0.05, 0) is 22.6 Å². The summed E-state index contributed by atoms with van der Waals surface area (Å²) < 4.78 is 12.9. The van der Waals surface area contributed by atoms with Crippen LogP contribution in [0.5, 0.6) is 5.75 Å². The summed E-state index contributed by atoms with van der Waals surface area (Å²) in [6.45, 7) is 9.85. The fraction of sp³-hybridized carbons (Fsp3) is 0.391. The maximum atomic E-state index is 12.5. The van der Waals surface area contributed by atoms with Gasteiger partial charge in [0.05, 0.1) is 13.2 Å². The van der Waals surface area contributed by atoms with Gasteiger partial charge in [0.25, 0.3) is 5.56 Å². The number of fused-ring (bicyclic) bond motifs is 1. The maximum Gasteiger partial charge on any atom is 0.259 e. The number of hydrogen-bond donors (Lipinski definition) is 0. The Morgan fingerprint density at radius 2 is 1.79 bits per heavy atom. The summed E-state index contributed by atoms with van der Waals surface area (Å²) in [6, 6.07) is 13.7. The summed E-state index contributed by atoms with van der Waals surface area (Å²) in [5, 5.41) is 0. The van der Waals surface area contributed by atoms with E-state index in [4.69, 9.17) is 9.47 Å². The Balaban J connectivity index is 1.52. The van der Waals surface area contributed by atoms with Crippen molar-refractivity contribution in [3.05, 3.63) is 70.1 Å². The van der Waals surface area contributed by atoms with Crippen molar-refractivity contribution in [1.82, 2.24) is 9.38 Å². The van der Waals surface area contributed by atoms with E-state index in [2.05, 4.69) is 54.9 Å². The van der Waals surface area contributed by atoms with Crippen LogP contribution < -0.4 is 15.2 Å². The van der Waals surface area contributed by atoms with E-state index >= 15 is 0 Å². The SMILES string of the molecule is CC(C)(C)c1ccc(COc2ccn3c(=O)cc(N4CCOCC4)nc3c2)cc1. The normalized spacial score (nSPS) is 14.9. The minimum atomic E-state index is -0.0965. The summed E-state index contributed by atoms with van der Waals surface area (Å²) in [7, 11) is 0. The van der Waals surface area contributed by atoms with Crippen LogP contribution in [0, 0.1) is 0 Å². The lowest BCUT2D eigenvalue weighted by Crippen LogP contribution is -2.37. The van der Waals surface area contributed by atoms with Crippen molar-refractivity contribution in [2.75, 3.05) is 31.2 Å². The Bertz CT molecular complexity index is 1050. The smallest absolute Gasteiger partial charge is 0.259 e. The third kappa shape index (κ3) is 4.43. The van der Waals surface area contributed by atoms with Gasteiger partial charge in [-0.2, -0.15) is 0 Å². The van der Waals surface area contributed by atoms with E-state index in [1.54, 1.807) is 18.3 Å². The Morgan fingerprint density at radius 3 is 2.48 bits per heavy atom. The molecule has 0 radical (unpaired) electrons. The molecule has 0 aliphatic carbocycles. The molecule has 0 saturated carbocycles. The number of rotatable bonds is 4. The molecule has 4 rings (SSSR count). The van der Waals surface area contributed by atoms with Crippen LogP contribution in [0.1, 0.15) is 31.9 Å². The molecule has 0 spiro atoms. The van der Waals surface area contributed by atoms with Crippen LogP contribution in [-0.4, -0.2) is 35.7 Å². The number of anilines is 1. The highest BCUT2D eigenvalue weighted by atomic mass is 16.5. The second-order valence-corrected chi connectivity index (χ2v) is 8.38. The lowest BCUT2D eigenvalue weighted by molar-refractivity contribution is 0.122. The maximum absolute atomic E-state index is 12.5. The van der Waals surface area contributed by atoms with E-state index < -0.39 is 0 Å². The minimum absolute atomic E-state index is 0.0965. The Hall–Kier alpha value is -2.86. The summed E-state index contributed by atoms with van der Waals surface area (Å²) in [5.41, 5.74) is 3.02. The summed E-state index contributed by atoms with van der Waals surface area (Å²) in [5.74, 6) is 1.38. The average molecular weight is 393 g/mol. The summed E-state index contributed by atoms with van der Waals surface area (Å²) in [4.78, 5) is 19.2. The van der Waals surface area contributed by atoms with Gasteiger partial charge in [-0.3, -0.25) is 9.20 Å². The Labute approximate surface area is 170 Å². The molecule has 1 aliphatic heterocycles. The molecule has 3 heterocycles. The zero-order chi connectivity index (χ0) is 20.4. The first-order valence-electron chi connectivity index (χ1n) is 9.98.